The molecule has 1 aliphatic heterocycles. The fraction of sp³-hybridized carbons (Fsp3) is 1.00. The Hall–Kier alpha value is 0.270. The van der Waals surface area contributed by atoms with Gasteiger partial charge in [0.2, 0.25) is 0 Å². The largest absolute Gasteiger partial charge is 0.351 e. The molecule has 0 aromatic heterocycles. The summed E-state index contributed by atoms with van der Waals surface area (Å²) in [4.78, 5) is 0. The van der Waals surface area contributed by atoms with Crippen molar-refractivity contribution in [2.45, 2.75) is 24.9 Å². The van der Waals surface area contributed by atoms with Gasteiger partial charge in [0.15, 0.2) is 6.29 Å². The lowest BCUT2D eigenvalue weighted by molar-refractivity contribution is -0.175. The molecule has 1 aliphatic rings. The maximum atomic E-state index is 5.39. The van der Waals surface area contributed by atoms with Crippen LogP contribution in [0.15, 0.2) is 0 Å². The minimum absolute atomic E-state index is 0.0312. The van der Waals surface area contributed by atoms with Crippen LogP contribution >= 0.6 is 11.8 Å². The van der Waals surface area contributed by atoms with Crippen LogP contribution in [-0.2, 0) is 9.47 Å². The lowest BCUT2D eigenvalue weighted by Crippen LogP contribution is -2.32. The third-order valence-corrected chi connectivity index (χ3v) is 2.57. The molecule has 0 saturated carbocycles. The molecule has 0 bridgehead atoms. The lowest BCUT2D eigenvalue weighted by atomic mass is 10.4. The van der Waals surface area contributed by atoms with Crippen LogP contribution in [0.25, 0.3) is 0 Å². The van der Waals surface area contributed by atoms with Crippen molar-refractivity contribution in [2.75, 3.05) is 19.5 Å². The molecule has 0 aromatic carbocycles. The van der Waals surface area contributed by atoms with Crippen LogP contribution in [0, 0.1) is 0 Å². The highest BCUT2D eigenvalue weighted by Gasteiger charge is 2.19. The topological polar surface area (TPSA) is 18.5 Å². The highest BCUT2D eigenvalue weighted by atomic mass is 32.2. The van der Waals surface area contributed by atoms with E-state index >= 15 is 0 Å². The molecule has 0 aromatic rings. The van der Waals surface area contributed by atoms with E-state index in [1.54, 1.807) is 11.8 Å². The van der Waals surface area contributed by atoms with Gasteiger partial charge >= 0.3 is 0 Å². The van der Waals surface area contributed by atoms with Gasteiger partial charge in [-0.05, 0) is 19.6 Å². The molecule has 0 N–H and O–H groups in total. The molecule has 0 radical (unpaired) electrons. The van der Waals surface area contributed by atoms with Crippen LogP contribution in [-0.4, -0.2) is 31.0 Å². The van der Waals surface area contributed by atoms with Crippen molar-refractivity contribution < 1.29 is 9.47 Å². The van der Waals surface area contributed by atoms with E-state index in [1.807, 2.05) is 0 Å². The fourth-order valence-corrected chi connectivity index (χ4v) is 1.27. The summed E-state index contributed by atoms with van der Waals surface area (Å²) in [6, 6.07) is 0. The van der Waals surface area contributed by atoms with E-state index in [9.17, 15) is 0 Å². The van der Waals surface area contributed by atoms with E-state index in [2.05, 4.69) is 13.2 Å². The molecule has 0 spiro atoms. The molecule has 60 valence electrons. The van der Waals surface area contributed by atoms with Crippen molar-refractivity contribution in [3.8, 4) is 0 Å². The van der Waals surface area contributed by atoms with Crippen LogP contribution in [0.2, 0.25) is 0 Å². The highest BCUT2D eigenvalue weighted by molar-refractivity contribution is 7.99. The second-order valence-electron chi connectivity index (χ2n) is 2.40. The summed E-state index contributed by atoms with van der Waals surface area (Å²) in [5.41, 5.74) is 0. The number of rotatable bonds is 2. The first-order valence-electron chi connectivity index (χ1n) is 3.60. The van der Waals surface area contributed by atoms with Gasteiger partial charge in [-0.15, -0.1) is 0 Å². The molecular weight excluding hydrogens is 148 g/mol. The average molecular weight is 162 g/mol. The van der Waals surface area contributed by atoms with E-state index in [0.29, 0.717) is 5.25 Å². The average Bonchev–Trinajstić information content (AvgIpc) is 2.05. The Morgan fingerprint density at radius 3 is 2.50 bits per heavy atom. The number of ether oxygens (including phenoxy) is 2. The zero-order chi connectivity index (χ0) is 7.40. The molecular formula is C7H14O2S. The molecule has 1 heterocycles. The zero-order valence-electron chi connectivity index (χ0n) is 6.50. The van der Waals surface area contributed by atoms with E-state index < -0.39 is 0 Å². The molecule has 0 amide bonds. The summed E-state index contributed by atoms with van der Waals surface area (Å²) in [5.74, 6) is 0. The maximum absolute atomic E-state index is 5.39. The molecule has 2 nitrogen and oxygen atoms in total. The van der Waals surface area contributed by atoms with Crippen LogP contribution in [0.3, 0.4) is 0 Å². The molecule has 1 fully saturated rings. The van der Waals surface area contributed by atoms with Gasteiger partial charge in [-0.25, -0.2) is 0 Å². The van der Waals surface area contributed by atoms with E-state index in [4.69, 9.17) is 9.47 Å². The van der Waals surface area contributed by atoms with Gasteiger partial charge in [-0.1, -0.05) is 0 Å². The van der Waals surface area contributed by atoms with Crippen LogP contribution in [0.5, 0.6) is 0 Å². The first-order chi connectivity index (χ1) is 4.84. The van der Waals surface area contributed by atoms with Gasteiger partial charge in [0, 0.05) is 0 Å². The Morgan fingerprint density at radius 2 is 2.00 bits per heavy atom. The summed E-state index contributed by atoms with van der Waals surface area (Å²) in [7, 11) is 0. The predicted molar refractivity (Wildman–Crippen MR) is 43.3 cm³/mol. The van der Waals surface area contributed by atoms with Gasteiger partial charge in [0.05, 0.1) is 18.5 Å². The summed E-state index contributed by atoms with van der Waals surface area (Å²) < 4.78 is 10.8. The molecule has 3 heteroatoms. The van der Waals surface area contributed by atoms with Crippen molar-refractivity contribution >= 4 is 11.8 Å². The van der Waals surface area contributed by atoms with Crippen LogP contribution in [0.1, 0.15) is 13.3 Å². The Kier molecular flexibility index (Phi) is 3.52. The fourth-order valence-electron chi connectivity index (χ4n) is 0.888. The van der Waals surface area contributed by atoms with Crippen LogP contribution < -0.4 is 0 Å². The summed E-state index contributed by atoms with van der Waals surface area (Å²) in [6.07, 6.45) is 3.15. The quantitative estimate of drug-likeness (QED) is 0.613. The lowest BCUT2D eigenvalue weighted by Gasteiger charge is -2.26. The number of hydrogen-bond donors (Lipinski definition) is 0. The van der Waals surface area contributed by atoms with Crippen molar-refractivity contribution in [1.29, 1.82) is 0 Å². The Morgan fingerprint density at radius 1 is 1.40 bits per heavy atom. The van der Waals surface area contributed by atoms with Gasteiger partial charge < -0.3 is 9.47 Å². The van der Waals surface area contributed by atoms with Gasteiger partial charge in [-0.2, -0.15) is 11.8 Å². The van der Waals surface area contributed by atoms with Crippen LogP contribution in [0.4, 0.5) is 0 Å². The normalized spacial score (nSPS) is 24.6. The van der Waals surface area contributed by atoms with Crippen molar-refractivity contribution in [3.63, 3.8) is 0 Å². The third kappa shape index (κ3) is 2.15. The predicted octanol–water partition coefficient (Wildman–Crippen LogP) is 1.50. The standard InChI is InChI=1S/C7H14O2S/c1-6(10-2)7-8-4-3-5-9-7/h6-7H,3-5H2,1-2H3. The van der Waals surface area contributed by atoms with Gasteiger partial charge in [0.1, 0.15) is 0 Å². The highest BCUT2D eigenvalue weighted by Crippen LogP contribution is 2.17. The smallest absolute Gasteiger partial charge is 0.169 e. The van der Waals surface area contributed by atoms with Crippen molar-refractivity contribution in [2.24, 2.45) is 0 Å². The minimum Gasteiger partial charge on any atom is -0.351 e. The second kappa shape index (κ2) is 4.21. The third-order valence-electron chi connectivity index (χ3n) is 1.61. The van der Waals surface area contributed by atoms with Crippen molar-refractivity contribution in [1.82, 2.24) is 0 Å². The first-order valence-corrected chi connectivity index (χ1v) is 4.89. The van der Waals surface area contributed by atoms with E-state index in [0.717, 1.165) is 19.6 Å². The van der Waals surface area contributed by atoms with E-state index in [-0.39, 0.29) is 6.29 Å². The summed E-state index contributed by atoms with van der Waals surface area (Å²) in [5, 5.41) is 0.459. The molecule has 10 heavy (non-hydrogen) atoms. The monoisotopic (exact) mass is 162 g/mol. The Bertz CT molecular complexity index is 91.6. The molecule has 0 aliphatic carbocycles. The Labute approximate surface area is 66.3 Å². The SMILES string of the molecule is CSC(C)C1OCCCO1. The van der Waals surface area contributed by atoms with E-state index in [1.165, 1.54) is 0 Å². The molecule has 1 unspecified atom stereocenters. The second-order valence-corrected chi connectivity index (χ2v) is 3.62. The van der Waals surface area contributed by atoms with Gasteiger partial charge in [0.25, 0.3) is 0 Å². The molecule has 1 saturated heterocycles. The number of hydrogen-bond acceptors (Lipinski definition) is 3. The van der Waals surface area contributed by atoms with Gasteiger partial charge in [-0.3, -0.25) is 0 Å². The summed E-state index contributed by atoms with van der Waals surface area (Å²) in [6.45, 7) is 3.84. The van der Waals surface area contributed by atoms with Crippen molar-refractivity contribution in [3.05, 3.63) is 0 Å². The minimum atomic E-state index is 0.0312. The molecule has 1 atom stereocenters. The first kappa shape index (κ1) is 8.37. The molecule has 1 rings (SSSR count). The zero-order valence-corrected chi connectivity index (χ0v) is 7.32. The summed E-state index contributed by atoms with van der Waals surface area (Å²) >= 11 is 1.78. The Balaban J connectivity index is 2.24. The maximum Gasteiger partial charge on any atom is 0.169 e. The number of thioether (sulfide) groups is 1.